The van der Waals surface area contributed by atoms with Crippen LogP contribution >= 0.6 is 23.2 Å². The molecule has 0 radical (unpaired) electrons. The van der Waals surface area contributed by atoms with E-state index in [9.17, 15) is 0 Å². The van der Waals surface area contributed by atoms with Crippen molar-refractivity contribution in [1.29, 1.82) is 0 Å². The second kappa shape index (κ2) is 7.49. The molecule has 0 bridgehead atoms. The van der Waals surface area contributed by atoms with Gasteiger partial charge in [0.2, 0.25) is 0 Å². The maximum atomic E-state index is 6.21. The number of likely N-dealkylation sites (N-methyl/N-ethyl adjacent to an activating group) is 1. The van der Waals surface area contributed by atoms with Gasteiger partial charge in [-0.05, 0) is 50.0 Å². The number of hydrogen-bond donors (Lipinski definition) is 1. The maximum absolute atomic E-state index is 6.21. The highest BCUT2D eigenvalue weighted by molar-refractivity contribution is 6.35. The van der Waals surface area contributed by atoms with Crippen LogP contribution in [0, 0.1) is 0 Å². The van der Waals surface area contributed by atoms with Gasteiger partial charge in [-0.15, -0.1) is 0 Å². The van der Waals surface area contributed by atoms with E-state index < -0.39 is 0 Å². The van der Waals surface area contributed by atoms with Crippen LogP contribution in [0.15, 0.2) is 18.2 Å². The van der Waals surface area contributed by atoms with Crippen LogP contribution in [0.2, 0.25) is 10.0 Å². The number of benzene rings is 1. The monoisotopic (exact) mass is 300 g/mol. The summed E-state index contributed by atoms with van der Waals surface area (Å²) in [5, 5.41) is 5.04. The topological polar surface area (TPSA) is 15.3 Å². The molecule has 0 aromatic heterocycles. The van der Waals surface area contributed by atoms with Gasteiger partial charge in [0, 0.05) is 29.2 Å². The SMILES string of the molecule is CCNC1CCCN(CCc2ccc(Cl)cc2Cl)C1. The molecule has 2 rings (SSSR count). The van der Waals surface area contributed by atoms with Crippen molar-refractivity contribution >= 4 is 23.2 Å². The third-order valence-corrected chi connectivity index (χ3v) is 4.30. The van der Waals surface area contributed by atoms with E-state index in [4.69, 9.17) is 23.2 Å². The predicted octanol–water partition coefficient (Wildman–Crippen LogP) is 3.61. The Morgan fingerprint density at radius 2 is 2.21 bits per heavy atom. The van der Waals surface area contributed by atoms with Crippen LogP contribution in [0.5, 0.6) is 0 Å². The van der Waals surface area contributed by atoms with Crippen LogP contribution in [0.1, 0.15) is 25.3 Å². The molecule has 19 heavy (non-hydrogen) atoms. The molecule has 1 aliphatic rings. The quantitative estimate of drug-likeness (QED) is 0.894. The van der Waals surface area contributed by atoms with Crippen LogP contribution in [0.4, 0.5) is 0 Å². The molecule has 2 nitrogen and oxygen atoms in total. The summed E-state index contributed by atoms with van der Waals surface area (Å²) in [5.74, 6) is 0. The molecule has 1 heterocycles. The van der Waals surface area contributed by atoms with Gasteiger partial charge >= 0.3 is 0 Å². The molecule has 1 atom stereocenters. The number of likely N-dealkylation sites (tertiary alicyclic amines) is 1. The fourth-order valence-corrected chi connectivity index (χ4v) is 3.22. The summed E-state index contributed by atoms with van der Waals surface area (Å²) in [6.45, 7) is 6.66. The summed E-state index contributed by atoms with van der Waals surface area (Å²) in [6, 6.07) is 6.44. The highest BCUT2D eigenvalue weighted by atomic mass is 35.5. The third-order valence-electron chi connectivity index (χ3n) is 3.71. The van der Waals surface area contributed by atoms with Gasteiger partial charge in [0.15, 0.2) is 0 Å². The number of hydrogen-bond acceptors (Lipinski definition) is 2. The lowest BCUT2D eigenvalue weighted by Crippen LogP contribution is -2.46. The number of halogens is 2. The molecule has 0 spiro atoms. The van der Waals surface area contributed by atoms with Crippen molar-refractivity contribution in [3.63, 3.8) is 0 Å². The Morgan fingerprint density at radius 3 is 2.95 bits per heavy atom. The van der Waals surface area contributed by atoms with Crippen molar-refractivity contribution < 1.29 is 0 Å². The number of rotatable bonds is 5. The van der Waals surface area contributed by atoms with E-state index in [2.05, 4.69) is 17.1 Å². The van der Waals surface area contributed by atoms with E-state index in [-0.39, 0.29) is 0 Å². The molecular formula is C15H22Cl2N2. The fraction of sp³-hybridized carbons (Fsp3) is 0.600. The number of nitrogens with zero attached hydrogens (tertiary/aromatic N) is 1. The van der Waals surface area contributed by atoms with Gasteiger partial charge in [-0.3, -0.25) is 0 Å². The van der Waals surface area contributed by atoms with Crippen molar-refractivity contribution in [2.75, 3.05) is 26.2 Å². The van der Waals surface area contributed by atoms with E-state index in [1.165, 1.54) is 24.9 Å². The molecule has 1 aromatic rings. The molecule has 0 aliphatic carbocycles. The van der Waals surface area contributed by atoms with Crippen LogP contribution < -0.4 is 5.32 Å². The first kappa shape index (κ1) is 15.1. The van der Waals surface area contributed by atoms with Crippen LogP contribution in [-0.4, -0.2) is 37.1 Å². The fourth-order valence-electron chi connectivity index (χ4n) is 2.72. The van der Waals surface area contributed by atoms with Crippen LogP contribution in [-0.2, 0) is 6.42 Å². The predicted molar refractivity (Wildman–Crippen MR) is 83.3 cm³/mol. The smallest absolute Gasteiger partial charge is 0.0453 e. The molecule has 1 unspecified atom stereocenters. The zero-order valence-electron chi connectivity index (χ0n) is 11.5. The van der Waals surface area contributed by atoms with Crippen molar-refractivity contribution in [2.24, 2.45) is 0 Å². The minimum Gasteiger partial charge on any atom is -0.313 e. The Bertz CT molecular complexity index is 407. The maximum Gasteiger partial charge on any atom is 0.0453 e. The highest BCUT2D eigenvalue weighted by Gasteiger charge is 2.18. The van der Waals surface area contributed by atoms with Gasteiger partial charge in [-0.25, -0.2) is 0 Å². The summed E-state index contributed by atoms with van der Waals surface area (Å²) in [4.78, 5) is 2.53. The van der Waals surface area contributed by atoms with Crippen molar-refractivity contribution in [3.8, 4) is 0 Å². The van der Waals surface area contributed by atoms with Gasteiger partial charge in [-0.2, -0.15) is 0 Å². The first-order valence-electron chi connectivity index (χ1n) is 7.08. The van der Waals surface area contributed by atoms with E-state index in [0.717, 1.165) is 31.1 Å². The lowest BCUT2D eigenvalue weighted by molar-refractivity contribution is 0.194. The zero-order valence-corrected chi connectivity index (χ0v) is 13.0. The van der Waals surface area contributed by atoms with Gasteiger partial charge in [0.25, 0.3) is 0 Å². The minimum absolute atomic E-state index is 0.652. The Morgan fingerprint density at radius 1 is 1.37 bits per heavy atom. The first-order chi connectivity index (χ1) is 9.19. The summed E-state index contributed by atoms with van der Waals surface area (Å²) in [5.41, 5.74) is 1.19. The molecule has 4 heteroatoms. The average molecular weight is 301 g/mol. The molecule has 1 aromatic carbocycles. The summed E-state index contributed by atoms with van der Waals surface area (Å²) in [7, 11) is 0. The van der Waals surface area contributed by atoms with Gasteiger partial charge in [-0.1, -0.05) is 36.2 Å². The second-order valence-corrected chi connectivity index (χ2v) is 6.03. The number of nitrogens with one attached hydrogen (secondary N) is 1. The van der Waals surface area contributed by atoms with Crippen molar-refractivity contribution in [1.82, 2.24) is 10.2 Å². The molecule has 1 aliphatic heterocycles. The van der Waals surface area contributed by atoms with Crippen LogP contribution in [0.3, 0.4) is 0 Å². The molecule has 1 N–H and O–H groups in total. The summed E-state index contributed by atoms with van der Waals surface area (Å²) in [6.07, 6.45) is 3.58. The van der Waals surface area contributed by atoms with Crippen molar-refractivity contribution in [3.05, 3.63) is 33.8 Å². The Balaban J connectivity index is 1.84. The lowest BCUT2D eigenvalue weighted by Gasteiger charge is -2.33. The van der Waals surface area contributed by atoms with Gasteiger partial charge in [0.1, 0.15) is 0 Å². The third kappa shape index (κ3) is 4.64. The number of piperidine rings is 1. The Labute approximate surface area is 126 Å². The zero-order chi connectivity index (χ0) is 13.7. The van der Waals surface area contributed by atoms with E-state index in [1.54, 1.807) is 0 Å². The summed E-state index contributed by atoms with van der Waals surface area (Å²) < 4.78 is 0. The van der Waals surface area contributed by atoms with E-state index in [0.29, 0.717) is 11.1 Å². The normalized spacial score (nSPS) is 20.7. The lowest BCUT2D eigenvalue weighted by atomic mass is 10.0. The van der Waals surface area contributed by atoms with E-state index >= 15 is 0 Å². The average Bonchev–Trinajstić information content (AvgIpc) is 2.38. The molecule has 106 valence electrons. The molecule has 1 fully saturated rings. The van der Waals surface area contributed by atoms with Gasteiger partial charge in [0.05, 0.1) is 0 Å². The second-order valence-electron chi connectivity index (χ2n) is 5.18. The molecule has 0 saturated carbocycles. The van der Waals surface area contributed by atoms with Gasteiger partial charge < -0.3 is 10.2 Å². The Kier molecular flexibility index (Phi) is 5.96. The van der Waals surface area contributed by atoms with Crippen molar-refractivity contribution in [2.45, 2.75) is 32.2 Å². The van der Waals surface area contributed by atoms with Crippen LogP contribution in [0.25, 0.3) is 0 Å². The summed E-state index contributed by atoms with van der Waals surface area (Å²) >= 11 is 12.1. The van der Waals surface area contributed by atoms with E-state index in [1.807, 2.05) is 18.2 Å². The minimum atomic E-state index is 0.652. The first-order valence-corrected chi connectivity index (χ1v) is 7.84. The Hall–Kier alpha value is -0.280. The standard InChI is InChI=1S/C15H22Cl2N2/c1-2-18-14-4-3-8-19(11-14)9-7-12-5-6-13(16)10-15(12)17/h5-6,10,14,18H,2-4,7-9,11H2,1H3. The molecular weight excluding hydrogens is 279 g/mol. The largest absolute Gasteiger partial charge is 0.313 e. The highest BCUT2D eigenvalue weighted by Crippen LogP contribution is 2.22. The molecule has 1 saturated heterocycles. The molecule has 0 amide bonds.